The number of hydrogen-bond acceptors (Lipinski definition) is 8. The first kappa shape index (κ1) is 24.8. The first-order valence-corrected chi connectivity index (χ1v) is 11.9. The topological polar surface area (TPSA) is 124 Å². The number of nitrogens with zero attached hydrogens (tertiary/aromatic N) is 6. The lowest BCUT2D eigenvalue weighted by atomic mass is 10.1. The van der Waals surface area contributed by atoms with Gasteiger partial charge in [0.2, 0.25) is 5.82 Å². The molecule has 38 heavy (non-hydrogen) atoms. The van der Waals surface area contributed by atoms with E-state index in [1.807, 2.05) is 19.1 Å². The normalized spacial score (nSPS) is 14.9. The Balaban J connectivity index is 1.19. The molecule has 11 nitrogen and oxygen atoms in total. The van der Waals surface area contributed by atoms with Crippen molar-refractivity contribution in [2.75, 3.05) is 23.4 Å². The fraction of sp³-hybridized carbons (Fsp3) is 0.231. The van der Waals surface area contributed by atoms with Crippen LogP contribution < -0.4 is 10.2 Å². The van der Waals surface area contributed by atoms with Gasteiger partial charge < -0.3 is 9.47 Å². The predicted molar refractivity (Wildman–Crippen MR) is 136 cm³/mol. The lowest BCUT2D eigenvalue weighted by molar-refractivity contribution is 0.0798. The number of ether oxygens (including phenoxy) is 2. The number of benzene rings is 2. The molecule has 2 aromatic carbocycles. The van der Waals surface area contributed by atoms with Gasteiger partial charge in [0.25, 0.3) is 0 Å². The molecule has 0 radical (unpaired) electrons. The van der Waals surface area contributed by atoms with Crippen molar-refractivity contribution in [1.82, 2.24) is 25.2 Å². The van der Waals surface area contributed by atoms with Gasteiger partial charge in [-0.2, -0.15) is 4.80 Å². The first-order valence-electron chi connectivity index (χ1n) is 11.9. The molecule has 194 valence electrons. The van der Waals surface area contributed by atoms with Crippen molar-refractivity contribution in [1.29, 1.82) is 0 Å². The molecule has 12 heteroatoms. The van der Waals surface area contributed by atoms with E-state index < -0.39 is 24.1 Å². The highest BCUT2D eigenvalue weighted by Crippen LogP contribution is 2.29. The molecule has 3 heterocycles. The Morgan fingerprint density at radius 1 is 1.18 bits per heavy atom. The molecule has 1 saturated heterocycles. The zero-order chi connectivity index (χ0) is 26.6. The summed E-state index contributed by atoms with van der Waals surface area (Å²) in [5.41, 5.74) is 3.45. The second-order valence-corrected chi connectivity index (χ2v) is 8.59. The molecule has 1 fully saturated rings. The molecule has 1 atom stereocenters. The van der Waals surface area contributed by atoms with E-state index >= 15 is 4.39 Å². The standard InChI is InChI=1S/C26H24FN7O4/c1-3-16-4-7-18(8-5-16)29-25(35)37-15-20-14-34(26(36)38-20)19-9-10-21(22(27)12-19)17-6-11-23(28-13-17)24-30-32-33(2)31-24/h4-13,20H,3,14-15H2,1-2H3,(H,29,35)/t20-/m1/s1. The highest BCUT2D eigenvalue weighted by molar-refractivity contribution is 5.90. The summed E-state index contributed by atoms with van der Waals surface area (Å²) in [6, 6.07) is 15.2. The molecule has 1 aliphatic heterocycles. The van der Waals surface area contributed by atoms with Crippen LogP contribution in [0.3, 0.4) is 0 Å². The number of nitrogens with one attached hydrogen (secondary N) is 1. The SMILES string of the molecule is CCc1ccc(NC(=O)OC[C@H]2CN(c3ccc(-c4ccc(-c5nnn(C)n5)nc4)c(F)c3)C(=O)O2)cc1. The number of amides is 2. The third-order valence-corrected chi connectivity index (χ3v) is 5.96. The maximum absolute atomic E-state index is 15.0. The summed E-state index contributed by atoms with van der Waals surface area (Å²) in [4.78, 5) is 31.5. The Bertz CT molecular complexity index is 1460. The van der Waals surface area contributed by atoms with E-state index in [-0.39, 0.29) is 13.2 Å². The van der Waals surface area contributed by atoms with E-state index in [1.165, 1.54) is 22.0 Å². The van der Waals surface area contributed by atoms with E-state index in [2.05, 4.69) is 25.7 Å². The number of anilines is 2. The third-order valence-electron chi connectivity index (χ3n) is 5.96. The molecule has 0 saturated carbocycles. The van der Waals surface area contributed by atoms with Crippen LogP contribution in [0.4, 0.5) is 25.4 Å². The second-order valence-electron chi connectivity index (χ2n) is 8.59. The average molecular weight is 518 g/mol. The molecule has 5 rings (SSSR count). The van der Waals surface area contributed by atoms with Gasteiger partial charge in [-0.15, -0.1) is 10.2 Å². The summed E-state index contributed by atoms with van der Waals surface area (Å²) in [5, 5.41) is 14.4. The van der Waals surface area contributed by atoms with Crippen LogP contribution in [0.1, 0.15) is 12.5 Å². The molecule has 0 aliphatic carbocycles. The summed E-state index contributed by atoms with van der Waals surface area (Å²) in [6.45, 7) is 2.01. The number of aromatic nitrogens is 5. The number of cyclic esters (lactones) is 1. The summed E-state index contributed by atoms with van der Waals surface area (Å²) in [6.07, 6.45) is 0.417. The minimum absolute atomic E-state index is 0.109. The van der Waals surface area contributed by atoms with E-state index in [0.717, 1.165) is 12.0 Å². The largest absolute Gasteiger partial charge is 0.445 e. The minimum atomic E-state index is -0.690. The molecule has 1 N–H and O–H groups in total. The number of pyridine rings is 1. The van der Waals surface area contributed by atoms with Gasteiger partial charge in [0, 0.05) is 23.0 Å². The minimum Gasteiger partial charge on any atom is -0.445 e. The Morgan fingerprint density at radius 3 is 2.66 bits per heavy atom. The quantitative estimate of drug-likeness (QED) is 0.387. The Morgan fingerprint density at radius 2 is 2.00 bits per heavy atom. The van der Waals surface area contributed by atoms with Crippen molar-refractivity contribution in [2.24, 2.45) is 7.05 Å². The molecule has 2 aromatic heterocycles. The van der Waals surface area contributed by atoms with Gasteiger partial charge in [0.15, 0.2) is 6.10 Å². The first-order chi connectivity index (χ1) is 18.4. The lowest BCUT2D eigenvalue weighted by Crippen LogP contribution is -2.27. The number of hydrogen-bond donors (Lipinski definition) is 1. The van der Waals surface area contributed by atoms with E-state index in [9.17, 15) is 9.59 Å². The number of tetrazole rings is 1. The van der Waals surface area contributed by atoms with Gasteiger partial charge in [-0.05, 0) is 53.6 Å². The lowest BCUT2D eigenvalue weighted by Gasteiger charge is -2.14. The maximum Gasteiger partial charge on any atom is 0.414 e. The number of halogens is 1. The Labute approximate surface area is 217 Å². The van der Waals surface area contributed by atoms with E-state index in [0.29, 0.717) is 34.0 Å². The van der Waals surface area contributed by atoms with Crippen LogP contribution in [0.15, 0.2) is 60.8 Å². The van der Waals surface area contributed by atoms with E-state index in [1.54, 1.807) is 43.4 Å². The summed E-state index contributed by atoms with van der Waals surface area (Å²) < 4.78 is 25.5. The van der Waals surface area contributed by atoms with Crippen LogP contribution in [-0.2, 0) is 22.9 Å². The monoisotopic (exact) mass is 517 g/mol. The Kier molecular flexibility index (Phi) is 6.94. The number of carbonyl (C=O) groups excluding carboxylic acids is 2. The van der Waals surface area contributed by atoms with Crippen molar-refractivity contribution >= 4 is 23.6 Å². The van der Waals surface area contributed by atoms with Crippen molar-refractivity contribution in [3.05, 3.63) is 72.2 Å². The molecule has 1 aliphatic rings. The van der Waals surface area contributed by atoms with Gasteiger partial charge in [0.1, 0.15) is 18.1 Å². The summed E-state index contributed by atoms with van der Waals surface area (Å²) >= 11 is 0. The number of rotatable bonds is 7. The van der Waals surface area contributed by atoms with Gasteiger partial charge in [0.05, 0.1) is 19.3 Å². The Hall–Kier alpha value is -4.87. The molecule has 4 aromatic rings. The van der Waals surface area contributed by atoms with Gasteiger partial charge in [-0.3, -0.25) is 15.2 Å². The zero-order valence-corrected chi connectivity index (χ0v) is 20.7. The van der Waals surface area contributed by atoms with Crippen LogP contribution in [0.2, 0.25) is 0 Å². The van der Waals surface area contributed by atoms with Crippen LogP contribution in [-0.4, -0.2) is 56.6 Å². The predicted octanol–water partition coefficient (Wildman–Crippen LogP) is 4.21. The van der Waals surface area contributed by atoms with Gasteiger partial charge in [-0.1, -0.05) is 25.1 Å². The highest BCUT2D eigenvalue weighted by Gasteiger charge is 2.33. The van der Waals surface area contributed by atoms with Gasteiger partial charge >= 0.3 is 12.2 Å². The number of carbonyl (C=O) groups is 2. The molecule has 2 amide bonds. The molecule has 0 unspecified atom stereocenters. The summed E-state index contributed by atoms with van der Waals surface area (Å²) in [5.74, 6) is -0.167. The highest BCUT2D eigenvalue weighted by atomic mass is 19.1. The third kappa shape index (κ3) is 5.43. The summed E-state index contributed by atoms with van der Waals surface area (Å²) in [7, 11) is 1.65. The zero-order valence-electron chi connectivity index (χ0n) is 20.7. The fourth-order valence-corrected chi connectivity index (χ4v) is 3.94. The van der Waals surface area contributed by atoms with Crippen LogP contribution in [0, 0.1) is 5.82 Å². The van der Waals surface area contributed by atoms with Crippen LogP contribution in [0.25, 0.3) is 22.6 Å². The molecular formula is C26H24FN7O4. The van der Waals surface area contributed by atoms with E-state index in [4.69, 9.17) is 9.47 Å². The van der Waals surface area contributed by atoms with Crippen LogP contribution >= 0.6 is 0 Å². The average Bonchev–Trinajstić information content (AvgIpc) is 3.53. The second kappa shape index (κ2) is 10.6. The molecule has 0 spiro atoms. The maximum atomic E-state index is 15.0. The smallest absolute Gasteiger partial charge is 0.414 e. The van der Waals surface area contributed by atoms with Crippen molar-refractivity contribution in [3.8, 4) is 22.6 Å². The van der Waals surface area contributed by atoms with Crippen LogP contribution in [0.5, 0.6) is 0 Å². The van der Waals surface area contributed by atoms with Crippen molar-refractivity contribution < 1.29 is 23.5 Å². The van der Waals surface area contributed by atoms with Crippen molar-refractivity contribution in [2.45, 2.75) is 19.4 Å². The van der Waals surface area contributed by atoms with Gasteiger partial charge in [-0.25, -0.2) is 14.0 Å². The molecule has 0 bridgehead atoms. The van der Waals surface area contributed by atoms with Crippen molar-refractivity contribution in [3.63, 3.8) is 0 Å². The molecular weight excluding hydrogens is 493 g/mol. The fourth-order valence-electron chi connectivity index (χ4n) is 3.94. The number of aryl methyl sites for hydroxylation is 2.